The van der Waals surface area contributed by atoms with Gasteiger partial charge in [0.25, 0.3) is 0 Å². The number of methoxy groups -OCH3 is 1. The number of carbonyl (C=O) groups is 2. The number of hydrogen-bond donors (Lipinski definition) is 1. The van der Waals surface area contributed by atoms with Crippen LogP contribution < -0.4 is 5.32 Å². The highest BCUT2D eigenvalue weighted by molar-refractivity contribution is 6.31. The van der Waals surface area contributed by atoms with Crippen LogP contribution in [-0.2, 0) is 26.2 Å². The zero-order chi connectivity index (χ0) is 34.8. The van der Waals surface area contributed by atoms with E-state index in [9.17, 15) is 9.59 Å². The van der Waals surface area contributed by atoms with Crippen molar-refractivity contribution in [2.24, 2.45) is 0 Å². The maximum Gasteiger partial charge on any atom is 0.338 e. The summed E-state index contributed by atoms with van der Waals surface area (Å²) in [6, 6.07) is 8.31. The number of amides is 1. The summed E-state index contributed by atoms with van der Waals surface area (Å²) in [6.45, 7) is 10.8. The van der Waals surface area contributed by atoms with Crippen molar-refractivity contribution in [3.05, 3.63) is 128 Å². The number of anilines is 1. The molecule has 1 spiro atoms. The second kappa shape index (κ2) is 12.4. The molecule has 0 unspecified atom stereocenters. The van der Waals surface area contributed by atoms with Crippen molar-refractivity contribution in [3.63, 3.8) is 0 Å². The summed E-state index contributed by atoms with van der Waals surface area (Å²) >= 11 is 12.8. The van der Waals surface area contributed by atoms with Crippen LogP contribution in [0.1, 0.15) is 64.1 Å². The highest BCUT2D eigenvalue weighted by Gasteiger charge is 2.69. The quantitative estimate of drug-likeness (QED) is 0.0893. The average molecular weight is 703 g/mol. The van der Waals surface area contributed by atoms with Crippen LogP contribution in [0.15, 0.2) is 78.9 Å². The lowest BCUT2D eigenvalue weighted by molar-refractivity contribution is -0.127. The molecule has 1 N–H and O–H groups in total. The number of rotatable bonds is 8. The van der Waals surface area contributed by atoms with Crippen molar-refractivity contribution in [3.8, 4) is 0 Å². The first-order valence-corrected chi connectivity index (χ1v) is 16.7. The number of esters is 1. The Hall–Kier alpha value is -4.51. The van der Waals surface area contributed by atoms with Gasteiger partial charge in [-0.3, -0.25) is 9.69 Å². The molecular weight excluding hydrogens is 668 g/mol. The van der Waals surface area contributed by atoms with Gasteiger partial charge in [0.05, 0.1) is 30.7 Å². The maximum absolute atomic E-state index is 16.3. The van der Waals surface area contributed by atoms with Gasteiger partial charge in [0.2, 0.25) is 5.91 Å². The molecule has 9 nitrogen and oxygen atoms in total. The fourth-order valence-corrected chi connectivity index (χ4v) is 8.42. The van der Waals surface area contributed by atoms with E-state index in [2.05, 4.69) is 21.8 Å². The molecule has 0 radical (unpaired) electrons. The van der Waals surface area contributed by atoms with Gasteiger partial charge in [-0.25, -0.2) is 19.2 Å². The number of aryl methyl sites for hydroxylation is 1. The number of nitrogens with one attached hydrogen (secondary N) is 1. The Morgan fingerprint density at radius 3 is 2.82 bits per heavy atom. The van der Waals surface area contributed by atoms with Gasteiger partial charge in [-0.15, -0.1) is 0 Å². The van der Waals surface area contributed by atoms with E-state index in [-0.39, 0.29) is 29.2 Å². The zero-order valence-electron chi connectivity index (χ0n) is 27.4. The molecule has 12 heteroatoms. The Labute approximate surface area is 293 Å². The molecule has 3 aromatic heterocycles. The number of allylic oxidation sites excluding steroid dienone is 3. The summed E-state index contributed by atoms with van der Waals surface area (Å²) in [4.78, 5) is 38.6. The van der Waals surface area contributed by atoms with Crippen molar-refractivity contribution >= 4 is 46.4 Å². The molecule has 3 aliphatic rings. The monoisotopic (exact) mass is 701 g/mol. The number of aromatic nitrogens is 3. The first kappa shape index (κ1) is 33.0. The molecule has 1 amide bonds. The second-order valence-corrected chi connectivity index (χ2v) is 13.3. The van der Waals surface area contributed by atoms with Crippen LogP contribution in [0.3, 0.4) is 0 Å². The number of likely N-dealkylation sites (tertiary alicyclic amines) is 1. The van der Waals surface area contributed by atoms with Crippen LogP contribution in [0.5, 0.6) is 0 Å². The lowest BCUT2D eigenvalue weighted by Gasteiger charge is -2.40. The molecule has 7 rings (SSSR count). The predicted molar refractivity (Wildman–Crippen MR) is 186 cm³/mol. The van der Waals surface area contributed by atoms with E-state index in [1.165, 1.54) is 13.3 Å². The molecule has 4 aromatic rings. The van der Waals surface area contributed by atoms with Gasteiger partial charge in [0, 0.05) is 70.8 Å². The third kappa shape index (κ3) is 4.99. The minimum atomic E-state index is -1.39. The molecular formula is C37H34Cl2FN5O4. The summed E-state index contributed by atoms with van der Waals surface area (Å²) in [5.74, 6) is -1.96. The van der Waals surface area contributed by atoms with Gasteiger partial charge in [-0.05, 0) is 62.2 Å². The summed E-state index contributed by atoms with van der Waals surface area (Å²) in [6.07, 6.45) is 9.38. The zero-order valence-corrected chi connectivity index (χ0v) is 28.9. The van der Waals surface area contributed by atoms with Crippen molar-refractivity contribution in [2.75, 3.05) is 25.6 Å². The summed E-state index contributed by atoms with van der Waals surface area (Å²) in [5, 5.41) is 3.24. The van der Waals surface area contributed by atoms with E-state index in [0.29, 0.717) is 46.1 Å². The van der Waals surface area contributed by atoms with Crippen LogP contribution in [0.4, 0.5) is 10.1 Å². The molecule has 0 saturated carbocycles. The van der Waals surface area contributed by atoms with E-state index in [1.54, 1.807) is 24.3 Å². The van der Waals surface area contributed by atoms with E-state index in [1.807, 2.05) is 55.7 Å². The fourth-order valence-electron chi connectivity index (χ4n) is 8.08. The Kier molecular flexibility index (Phi) is 8.37. The molecule has 2 aliphatic heterocycles. The van der Waals surface area contributed by atoms with Crippen LogP contribution in [0, 0.1) is 12.7 Å². The SMILES string of the molecule is C=C(/C=C\C=C(/C)OCC)CN1[C@H]2Cc3c(nc4c(C)c(C(=O)OC)ccn34)[C@H]2[C@H](c2ccnc(Cl)c2F)[C@]12C(=O)Nc1cc(Cl)ccc12. The number of nitrogens with zero attached hydrogens (tertiary/aromatic N) is 4. The first-order valence-electron chi connectivity index (χ1n) is 15.9. The molecule has 252 valence electrons. The number of halogens is 3. The normalized spacial score (nSPS) is 22.9. The van der Waals surface area contributed by atoms with E-state index in [4.69, 9.17) is 37.7 Å². The highest BCUT2D eigenvalue weighted by atomic mass is 35.5. The van der Waals surface area contributed by atoms with Crippen LogP contribution >= 0.6 is 23.2 Å². The first-order chi connectivity index (χ1) is 23.5. The molecule has 0 bridgehead atoms. The lowest BCUT2D eigenvalue weighted by atomic mass is 9.71. The Balaban J connectivity index is 1.46. The van der Waals surface area contributed by atoms with Gasteiger partial charge >= 0.3 is 5.97 Å². The van der Waals surface area contributed by atoms with Gasteiger partial charge in [-0.2, -0.15) is 0 Å². The van der Waals surface area contributed by atoms with Gasteiger partial charge in [-0.1, -0.05) is 48.0 Å². The van der Waals surface area contributed by atoms with Crippen molar-refractivity contribution in [1.82, 2.24) is 19.3 Å². The number of carbonyl (C=O) groups excluding carboxylic acids is 2. The Bertz CT molecular complexity index is 2130. The van der Waals surface area contributed by atoms with Crippen LogP contribution in [0.25, 0.3) is 5.65 Å². The molecule has 49 heavy (non-hydrogen) atoms. The lowest BCUT2D eigenvalue weighted by Crippen LogP contribution is -2.53. The summed E-state index contributed by atoms with van der Waals surface area (Å²) in [5.41, 5.74) is 4.12. The summed E-state index contributed by atoms with van der Waals surface area (Å²) in [7, 11) is 1.34. The van der Waals surface area contributed by atoms with E-state index < -0.39 is 29.2 Å². The van der Waals surface area contributed by atoms with E-state index >= 15 is 4.39 Å². The molecule has 1 aromatic carbocycles. The summed E-state index contributed by atoms with van der Waals surface area (Å²) < 4.78 is 28.9. The molecule has 1 fully saturated rings. The van der Waals surface area contributed by atoms with Gasteiger partial charge in [0.1, 0.15) is 11.2 Å². The number of fused-ring (bicyclic) bond motifs is 7. The standard InChI is InChI=1S/C37H34Cl2FN5O4/c1-6-49-20(3)9-7-8-19(2)18-45-27-17-28-32(43-34-21(4)23(35(46)48-5)13-15-44(28)34)29(27)30(24-12-14-41-33(39)31(24)40)37(45)25-11-10-22(38)16-26(25)42-36(37)47/h7-16,27,29-30H,2,6,17-18H2,1,3-5H3,(H,42,47)/b8-7-,20-9+/t27-,29+,30-,37+/m0/s1. The number of imidazole rings is 1. The largest absolute Gasteiger partial charge is 0.499 e. The smallest absolute Gasteiger partial charge is 0.338 e. The number of pyridine rings is 2. The molecule has 5 heterocycles. The highest BCUT2D eigenvalue weighted by Crippen LogP contribution is 2.65. The van der Waals surface area contributed by atoms with Crippen LogP contribution in [-0.4, -0.2) is 57.4 Å². The second-order valence-electron chi connectivity index (χ2n) is 12.5. The van der Waals surface area contributed by atoms with Crippen molar-refractivity contribution in [1.29, 1.82) is 0 Å². The third-order valence-corrected chi connectivity index (χ3v) is 10.5. The van der Waals surface area contributed by atoms with Gasteiger partial charge < -0.3 is 19.2 Å². The molecule has 1 aliphatic carbocycles. The van der Waals surface area contributed by atoms with E-state index in [0.717, 1.165) is 22.7 Å². The molecule has 4 atom stereocenters. The van der Waals surface area contributed by atoms with Crippen molar-refractivity contribution in [2.45, 2.75) is 50.6 Å². The Morgan fingerprint density at radius 1 is 1.27 bits per heavy atom. The minimum absolute atomic E-state index is 0.253. The van der Waals surface area contributed by atoms with Crippen molar-refractivity contribution < 1.29 is 23.5 Å². The predicted octanol–water partition coefficient (Wildman–Crippen LogP) is 7.28. The number of ether oxygens (including phenoxy) is 2. The maximum atomic E-state index is 16.3. The number of benzene rings is 1. The average Bonchev–Trinajstić information content (AvgIpc) is 3.76. The van der Waals surface area contributed by atoms with Crippen LogP contribution in [0.2, 0.25) is 10.2 Å². The van der Waals surface area contributed by atoms with Gasteiger partial charge in [0.15, 0.2) is 11.0 Å². The molecule has 1 saturated heterocycles. The topological polar surface area (TPSA) is 98.1 Å². The fraction of sp³-hybridized carbons (Fsp3) is 0.297. The number of hydrogen-bond acceptors (Lipinski definition) is 7. The third-order valence-electron chi connectivity index (χ3n) is 9.98. The minimum Gasteiger partial charge on any atom is -0.499 e. The Morgan fingerprint density at radius 2 is 2.06 bits per heavy atom.